The molecule has 2 amide bonds. The van der Waals surface area contributed by atoms with Crippen molar-refractivity contribution in [2.75, 3.05) is 20.6 Å². The molecule has 0 aliphatic heterocycles. The standard InChI is InChI=1S/C12H16ClN3O2/c1-8(11(17)14-2)7-16(3)12(18)9-5-4-6-10(13)15-9/h4-6,8H,7H2,1-3H3,(H,14,17). The van der Waals surface area contributed by atoms with Crippen molar-refractivity contribution in [2.24, 2.45) is 5.92 Å². The smallest absolute Gasteiger partial charge is 0.272 e. The Morgan fingerprint density at radius 2 is 2.17 bits per heavy atom. The van der Waals surface area contributed by atoms with Crippen LogP contribution in [0.2, 0.25) is 5.15 Å². The molecule has 1 rings (SSSR count). The van der Waals surface area contributed by atoms with E-state index in [0.717, 1.165) is 0 Å². The first-order valence-corrected chi connectivity index (χ1v) is 5.93. The van der Waals surface area contributed by atoms with Crippen LogP contribution in [0.25, 0.3) is 0 Å². The molecule has 0 fully saturated rings. The van der Waals surface area contributed by atoms with Crippen molar-refractivity contribution in [3.63, 3.8) is 0 Å². The monoisotopic (exact) mass is 269 g/mol. The molecule has 0 aromatic carbocycles. The maximum Gasteiger partial charge on any atom is 0.272 e. The second-order valence-corrected chi connectivity index (χ2v) is 4.43. The number of rotatable bonds is 4. The summed E-state index contributed by atoms with van der Waals surface area (Å²) in [5.74, 6) is -0.634. The van der Waals surface area contributed by atoms with E-state index < -0.39 is 0 Å². The average molecular weight is 270 g/mol. The molecule has 5 nitrogen and oxygen atoms in total. The Balaban J connectivity index is 2.70. The molecule has 1 N–H and O–H groups in total. The molecule has 98 valence electrons. The average Bonchev–Trinajstić information content (AvgIpc) is 2.36. The fourth-order valence-corrected chi connectivity index (χ4v) is 1.71. The molecule has 1 aromatic rings. The highest BCUT2D eigenvalue weighted by Gasteiger charge is 2.19. The SMILES string of the molecule is CNC(=O)C(C)CN(C)C(=O)c1cccc(Cl)n1. The molecular formula is C12H16ClN3O2. The van der Waals surface area contributed by atoms with Gasteiger partial charge in [-0.15, -0.1) is 0 Å². The van der Waals surface area contributed by atoms with Crippen LogP contribution < -0.4 is 5.32 Å². The van der Waals surface area contributed by atoms with Gasteiger partial charge in [0.2, 0.25) is 5.91 Å². The minimum atomic E-state index is -0.275. The first kappa shape index (κ1) is 14.4. The predicted molar refractivity (Wildman–Crippen MR) is 69.4 cm³/mol. The molecule has 0 spiro atoms. The summed E-state index contributed by atoms with van der Waals surface area (Å²) in [4.78, 5) is 28.8. The number of nitrogens with zero attached hydrogens (tertiary/aromatic N) is 2. The molecule has 18 heavy (non-hydrogen) atoms. The molecule has 0 radical (unpaired) electrons. The minimum Gasteiger partial charge on any atom is -0.359 e. The number of carbonyl (C=O) groups excluding carboxylic acids is 2. The molecule has 6 heteroatoms. The quantitative estimate of drug-likeness (QED) is 0.835. The third-order valence-electron chi connectivity index (χ3n) is 2.52. The predicted octanol–water partition coefficient (Wildman–Crippen LogP) is 1.19. The maximum atomic E-state index is 12.0. The number of nitrogens with one attached hydrogen (secondary N) is 1. The largest absolute Gasteiger partial charge is 0.359 e. The Kier molecular flexibility index (Phi) is 5.09. The summed E-state index contributed by atoms with van der Waals surface area (Å²) in [6, 6.07) is 4.86. The summed E-state index contributed by atoms with van der Waals surface area (Å²) >= 11 is 5.73. The van der Waals surface area contributed by atoms with E-state index in [9.17, 15) is 9.59 Å². The Morgan fingerprint density at radius 1 is 1.50 bits per heavy atom. The lowest BCUT2D eigenvalue weighted by Gasteiger charge is -2.20. The van der Waals surface area contributed by atoms with Crippen LogP contribution in [0.5, 0.6) is 0 Å². The van der Waals surface area contributed by atoms with Crippen LogP contribution >= 0.6 is 11.6 Å². The highest BCUT2D eigenvalue weighted by Crippen LogP contribution is 2.08. The third kappa shape index (κ3) is 3.70. The first-order valence-electron chi connectivity index (χ1n) is 5.55. The zero-order valence-corrected chi connectivity index (χ0v) is 11.4. The molecular weight excluding hydrogens is 254 g/mol. The van der Waals surface area contributed by atoms with E-state index in [-0.39, 0.29) is 28.6 Å². The van der Waals surface area contributed by atoms with E-state index in [1.807, 2.05) is 0 Å². The molecule has 1 atom stereocenters. The highest BCUT2D eigenvalue weighted by molar-refractivity contribution is 6.29. The van der Waals surface area contributed by atoms with Crippen molar-refractivity contribution in [3.8, 4) is 0 Å². The number of carbonyl (C=O) groups is 2. The summed E-state index contributed by atoms with van der Waals surface area (Å²) in [7, 11) is 3.20. The van der Waals surface area contributed by atoms with Crippen LogP contribution in [0, 0.1) is 5.92 Å². The number of amides is 2. The van der Waals surface area contributed by atoms with E-state index in [1.54, 1.807) is 39.2 Å². The van der Waals surface area contributed by atoms with Gasteiger partial charge in [-0.2, -0.15) is 0 Å². The van der Waals surface area contributed by atoms with Crippen LogP contribution in [-0.4, -0.2) is 42.3 Å². The van der Waals surface area contributed by atoms with Gasteiger partial charge in [0.25, 0.3) is 5.91 Å². The summed E-state index contributed by atoms with van der Waals surface area (Å²) < 4.78 is 0. The molecule has 1 aromatic heterocycles. The Labute approximate surface area is 111 Å². The van der Waals surface area contributed by atoms with Gasteiger partial charge in [0.05, 0.1) is 5.92 Å². The normalized spacial score (nSPS) is 11.8. The lowest BCUT2D eigenvalue weighted by molar-refractivity contribution is -0.124. The Hall–Kier alpha value is -1.62. The topological polar surface area (TPSA) is 62.3 Å². The number of hydrogen-bond donors (Lipinski definition) is 1. The molecule has 0 saturated heterocycles. The number of aromatic nitrogens is 1. The minimum absolute atomic E-state index is 0.103. The lowest BCUT2D eigenvalue weighted by atomic mass is 10.1. The van der Waals surface area contributed by atoms with E-state index >= 15 is 0 Å². The fraction of sp³-hybridized carbons (Fsp3) is 0.417. The molecule has 1 unspecified atom stereocenters. The van der Waals surface area contributed by atoms with Gasteiger partial charge >= 0.3 is 0 Å². The second-order valence-electron chi connectivity index (χ2n) is 4.05. The van der Waals surface area contributed by atoms with Crippen molar-refractivity contribution < 1.29 is 9.59 Å². The van der Waals surface area contributed by atoms with E-state index in [0.29, 0.717) is 6.54 Å². The van der Waals surface area contributed by atoms with Crippen LogP contribution in [0.15, 0.2) is 18.2 Å². The van der Waals surface area contributed by atoms with Gasteiger partial charge in [0, 0.05) is 20.6 Å². The van der Waals surface area contributed by atoms with Crippen LogP contribution in [0.1, 0.15) is 17.4 Å². The van der Waals surface area contributed by atoms with Crippen molar-refractivity contribution in [1.82, 2.24) is 15.2 Å². The van der Waals surface area contributed by atoms with Crippen molar-refractivity contribution in [3.05, 3.63) is 29.0 Å². The van der Waals surface area contributed by atoms with Gasteiger partial charge < -0.3 is 10.2 Å². The zero-order valence-electron chi connectivity index (χ0n) is 10.6. The van der Waals surface area contributed by atoms with Crippen LogP contribution in [-0.2, 0) is 4.79 Å². The first-order chi connectivity index (χ1) is 8.45. The van der Waals surface area contributed by atoms with Crippen molar-refractivity contribution in [2.45, 2.75) is 6.92 Å². The molecule has 0 aliphatic carbocycles. The van der Waals surface area contributed by atoms with Crippen molar-refractivity contribution in [1.29, 1.82) is 0 Å². The summed E-state index contributed by atoms with van der Waals surface area (Å²) in [5, 5.41) is 2.82. The highest BCUT2D eigenvalue weighted by atomic mass is 35.5. The number of hydrogen-bond acceptors (Lipinski definition) is 3. The van der Waals surface area contributed by atoms with Gasteiger partial charge in [-0.25, -0.2) is 4.98 Å². The Morgan fingerprint density at radius 3 is 2.72 bits per heavy atom. The van der Waals surface area contributed by atoms with Crippen LogP contribution in [0.3, 0.4) is 0 Å². The van der Waals surface area contributed by atoms with E-state index in [2.05, 4.69) is 10.3 Å². The molecule has 0 bridgehead atoms. The maximum absolute atomic E-state index is 12.0. The number of pyridine rings is 1. The van der Waals surface area contributed by atoms with Gasteiger partial charge in [-0.05, 0) is 12.1 Å². The lowest BCUT2D eigenvalue weighted by Crippen LogP contribution is -2.37. The zero-order chi connectivity index (χ0) is 13.7. The second kappa shape index (κ2) is 6.35. The summed E-state index contributed by atoms with van der Waals surface area (Å²) in [5.41, 5.74) is 0.272. The van der Waals surface area contributed by atoms with Crippen LogP contribution in [0.4, 0.5) is 0 Å². The molecule has 0 saturated carbocycles. The fourth-order valence-electron chi connectivity index (χ4n) is 1.55. The van der Waals surface area contributed by atoms with Crippen molar-refractivity contribution >= 4 is 23.4 Å². The van der Waals surface area contributed by atoms with E-state index in [1.165, 1.54) is 4.90 Å². The third-order valence-corrected chi connectivity index (χ3v) is 2.73. The Bertz CT molecular complexity index is 451. The van der Waals surface area contributed by atoms with Gasteiger partial charge in [-0.3, -0.25) is 9.59 Å². The molecule has 0 aliphatic rings. The van der Waals surface area contributed by atoms with E-state index in [4.69, 9.17) is 11.6 Å². The van der Waals surface area contributed by atoms with Gasteiger partial charge in [-0.1, -0.05) is 24.6 Å². The summed E-state index contributed by atoms with van der Waals surface area (Å²) in [6.45, 7) is 2.08. The number of halogens is 1. The van der Waals surface area contributed by atoms with Gasteiger partial charge in [0.15, 0.2) is 0 Å². The molecule has 1 heterocycles. The summed E-state index contributed by atoms with van der Waals surface area (Å²) in [6.07, 6.45) is 0. The van der Waals surface area contributed by atoms with Gasteiger partial charge in [0.1, 0.15) is 10.8 Å².